The quantitative estimate of drug-likeness (QED) is 0.802. The Labute approximate surface area is 165 Å². The van der Waals surface area contributed by atoms with Crippen LogP contribution in [0.15, 0.2) is 11.6 Å². The summed E-state index contributed by atoms with van der Waals surface area (Å²) >= 11 is 1.71. The normalized spacial score (nSPS) is 20.8. The Hall–Kier alpha value is -1.72. The topological polar surface area (TPSA) is 77.0 Å². The second-order valence-electron chi connectivity index (χ2n) is 6.84. The fraction of sp³-hybridized carbons (Fsp3) is 0.706. The number of thiazole rings is 1. The number of hydrogen-bond acceptors (Lipinski definition) is 6. The maximum Gasteiger partial charge on any atom is 0.490 e. The van der Waals surface area contributed by atoms with Gasteiger partial charge in [0.2, 0.25) is 5.91 Å². The van der Waals surface area contributed by atoms with Crippen molar-refractivity contribution in [2.45, 2.75) is 38.0 Å². The molecule has 0 bridgehead atoms. The number of carboxylic acid groups (broad SMARTS) is 1. The van der Waals surface area contributed by atoms with Gasteiger partial charge in [0.1, 0.15) is 10.5 Å². The molecule has 0 saturated carbocycles. The van der Waals surface area contributed by atoms with E-state index in [1.54, 1.807) is 11.3 Å². The zero-order chi connectivity index (χ0) is 20.9. The molecule has 2 fully saturated rings. The van der Waals surface area contributed by atoms with E-state index in [0.29, 0.717) is 5.91 Å². The second kappa shape index (κ2) is 9.19. The number of piperazine rings is 1. The van der Waals surface area contributed by atoms with E-state index in [1.807, 2.05) is 23.5 Å². The van der Waals surface area contributed by atoms with Crippen molar-refractivity contribution in [2.75, 3.05) is 39.8 Å². The molecule has 1 spiro atoms. The van der Waals surface area contributed by atoms with Crippen molar-refractivity contribution in [2.24, 2.45) is 0 Å². The number of piperidine rings is 1. The monoisotopic (exact) mass is 422 g/mol. The first kappa shape index (κ1) is 22.6. The van der Waals surface area contributed by atoms with Crippen LogP contribution >= 0.6 is 11.3 Å². The van der Waals surface area contributed by atoms with Crippen LogP contribution < -0.4 is 0 Å². The average Bonchev–Trinajstić information content (AvgIpc) is 3.14. The minimum absolute atomic E-state index is 0.249. The zero-order valence-corrected chi connectivity index (χ0v) is 16.7. The molecule has 3 rings (SSSR count). The number of halogens is 3. The average molecular weight is 422 g/mol. The molecule has 1 amide bonds. The van der Waals surface area contributed by atoms with Crippen LogP contribution in [0.5, 0.6) is 0 Å². The van der Waals surface area contributed by atoms with E-state index in [-0.39, 0.29) is 5.54 Å². The second-order valence-corrected chi connectivity index (χ2v) is 7.82. The highest BCUT2D eigenvalue weighted by molar-refractivity contribution is 7.09. The summed E-state index contributed by atoms with van der Waals surface area (Å²) in [5.74, 6) is -2.43. The molecule has 2 aliphatic heterocycles. The molecule has 2 saturated heterocycles. The van der Waals surface area contributed by atoms with Crippen LogP contribution in [0.25, 0.3) is 0 Å². The van der Waals surface area contributed by atoms with Crippen molar-refractivity contribution >= 4 is 23.2 Å². The number of carbonyl (C=O) groups is 2. The Kier molecular flexibility index (Phi) is 7.40. The predicted octanol–water partition coefficient (Wildman–Crippen LogP) is 1.90. The number of carbonyl (C=O) groups excluding carboxylic acids is 1. The maximum absolute atomic E-state index is 12.8. The van der Waals surface area contributed by atoms with Crippen molar-refractivity contribution in [1.29, 1.82) is 0 Å². The summed E-state index contributed by atoms with van der Waals surface area (Å²) < 4.78 is 31.7. The molecule has 7 nitrogen and oxygen atoms in total. The largest absolute Gasteiger partial charge is 0.490 e. The number of likely N-dealkylation sites (N-methyl/N-ethyl adjacent to an activating group) is 2. The van der Waals surface area contributed by atoms with Crippen LogP contribution in [-0.4, -0.2) is 88.2 Å². The summed E-state index contributed by atoms with van der Waals surface area (Å²) in [6.45, 7) is 7.88. The number of likely N-dealkylation sites (tertiary alicyclic amines) is 1. The van der Waals surface area contributed by atoms with Crippen LogP contribution in [0.3, 0.4) is 0 Å². The van der Waals surface area contributed by atoms with Gasteiger partial charge in [-0.2, -0.15) is 13.2 Å². The molecule has 11 heteroatoms. The van der Waals surface area contributed by atoms with Gasteiger partial charge in [-0.1, -0.05) is 6.92 Å². The van der Waals surface area contributed by atoms with E-state index in [4.69, 9.17) is 9.90 Å². The molecular weight excluding hydrogens is 397 g/mol. The summed E-state index contributed by atoms with van der Waals surface area (Å²) in [6, 6.07) is 0. The van der Waals surface area contributed by atoms with Gasteiger partial charge in [0, 0.05) is 44.8 Å². The van der Waals surface area contributed by atoms with E-state index in [9.17, 15) is 18.0 Å². The van der Waals surface area contributed by atoms with Gasteiger partial charge in [0.25, 0.3) is 0 Å². The van der Waals surface area contributed by atoms with E-state index in [2.05, 4.69) is 21.7 Å². The number of rotatable bonds is 3. The zero-order valence-electron chi connectivity index (χ0n) is 15.9. The van der Waals surface area contributed by atoms with Crippen molar-refractivity contribution in [3.05, 3.63) is 16.6 Å². The number of nitrogens with zero attached hydrogens (tertiary/aromatic N) is 4. The lowest BCUT2D eigenvalue weighted by molar-refractivity contribution is -0.192. The summed E-state index contributed by atoms with van der Waals surface area (Å²) in [5, 5.41) is 10.3. The van der Waals surface area contributed by atoms with Gasteiger partial charge in [-0.25, -0.2) is 9.78 Å². The maximum atomic E-state index is 12.8. The van der Waals surface area contributed by atoms with Gasteiger partial charge in [-0.05, 0) is 19.4 Å². The van der Waals surface area contributed by atoms with E-state index in [0.717, 1.165) is 52.1 Å². The third-order valence-electron chi connectivity index (χ3n) is 5.21. The standard InChI is InChI=1S/C15H24N4OS.C2HF3O2/c1-3-19-10-9-17(2)14(20)15(19)4-7-18(8-5-15)12-13-16-6-11-21-13;3-2(4,5)1(6)7/h6,11H,3-5,7-10,12H2,1-2H3;(H,6,7). The Bertz CT molecular complexity index is 661. The highest BCUT2D eigenvalue weighted by Gasteiger charge is 2.49. The van der Waals surface area contributed by atoms with Gasteiger partial charge in [0.05, 0.1) is 6.54 Å². The van der Waals surface area contributed by atoms with Gasteiger partial charge >= 0.3 is 12.1 Å². The van der Waals surface area contributed by atoms with E-state index >= 15 is 0 Å². The third kappa shape index (κ3) is 5.21. The van der Waals surface area contributed by atoms with Gasteiger partial charge in [0.15, 0.2) is 0 Å². The number of alkyl halides is 3. The van der Waals surface area contributed by atoms with Gasteiger partial charge < -0.3 is 10.0 Å². The highest BCUT2D eigenvalue weighted by Crippen LogP contribution is 2.33. The number of amides is 1. The molecule has 0 aliphatic carbocycles. The van der Waals surface area contributed by atoms with Crippen molar-refractivity contribution in [3.63, 3.8) is 0 Å². The predicted molar refractivity (Wildman–Crippen MR) is 97.9 cm³/mol. The number of hydrogen-bond donors (Lipinski definition) is 1. The van der Waals surface area contributed by atoms with Crippen LogP contribution in [0.1, 0.15) is 24.8 Å². The molecule has 0 atom stereocenters. The fourth-order valence-corrected chi connectivity index (χ4v) is 4.33. The Morgan fingerprint density at radius 3 is 2.36 bits per heavy atom. The van der Waals surface area contributed by atoms with Gasteiger partial charge in [-0.15, -0.1) is 11.3 Å². The first-order valence-corrected chi connectivity index (χ1v) is 9.89. The summed E-state index contributed by atoms with van der Waals surface area (Å²) in [4.78, 5) is 32.8. The van der Waals surface area contributed by atoms with Gasteiger partial charge in [-0.3, -0.25) is 14.6 Å². The lowest BCUT2D eigenvalue weighted by Gasteiger charge is -2.52. The molecule has 0 radical (unpaired) electrons. The molecule has 0 unspecified atom stereocenters. The lowest BCUT2D eigenvalue weighted by Crippen LogP contribution is -2.67. The third-order valence-corrected chi connectivity index (χ3v) is 5.97. The fourth-order valence-electron chi connectivity index (χ4n) is 3.67. The van der Waals surface area contributed by atoms with Crippen LogP contribution in [0, 0.1) is 0 Å². The number of aromatic nitrogens is 1. The molecule has 1 N–H and O–H groups in total. The van der Waals surface area contributed by atoms with Crippen LogP contribution in [0.4, 0.5) is 13.2 Å². The number of aliphatic carboxylic acids is 1. The molecule has 28 heavy (non-hydrogen) atoms. The molecule has 158 valence electrons. The molecule has 1 aromatic heterocycles. The SMILES string of the molecule is CCN1CCN(C)C(=O)C12CCN(Cc1nccs1)CC2.O=C(O)C(F)(F)F. The summed E-state index contributed by atoms with van der Waals surface area (Å²) in [6.07, 6.45) is -1.34. The summed E-state index contributed by atoms with van der Waals surface area (Å²) in [7, 11) is 1.94. The van der Waals surface area contributed by atoms with E-state index in [1.165, 1.54) is 5.01 Å². The van der Waals surface area contributed by atoms with Crippen molar-refractivity contribution in [3.8, 4) is 0 Å². The Balaban J connectivity index is 0.000000345. The van der Waals surface area contributed by atoms with Crippen molar-refractivity contribution < 1.29 is 27.9 Å². The van der Waals surface area contributed by atoms with E-state index < -0.39 is 12.1 Å². The van der Waals surface area contributed by atoms with Crippen LogP contribution in [-0.2, 0) is 16.1 Å². The molecule has 1 aromatic rings. The summed E-state index contributed by atoms with van der Waals surface area (Å²) in [5.41, 5.74) is -0.249. The Morgan fingerprint density at radius 2 is 1.89 bits per heavy atom. The highest BCUT2D eigenvalue weighted by atomic mass is 32.1. The minimum Gasteiger partial charge on any atom is -0.475 e. The smallest absolute Gasteiger partial charge is 0.475 e. The lowest BCUT2D eigenvalue weighted by atomic mass is 9.82. The number of carboxylic acids is 1. The molecule has 3 heterocycles. The molecule has 2 aliphatic rings. The minimum atomic E-state index is -5.08. The Morgan fingerprint density at radius 1 is 1.29 bits per heavy atom. The van der Waals surface area contributed by atoms with Crippen LogP contribution in [0.2, 0.25) is 0 Å². The van der Waals surface area contributed by atoms with Crippen molar-refractivity contribution in [1.82, 2.24) is 19.7 Å². The molecular formula is C17H25F3N4O3S. The first-order chi connectivity index (χ1) is 13.1. The molecule has 0 aromatic carbocycles. The first-order valence-electron chi connectivity index (χ1n) is 9.01.